The fraction of sp³-hybridized carbons (Fsp3) is 0.625. The third kappa shape index (κ3) is 2.63. The Hall–Kier alpha value is -1.06. The van der Waals surface area contributed by atoms with Crippen LogP contribution in [0.15, 0.2) is 24.3 Å². The molecule has 3 heteroatoms. The largest absolute Gasteiger partial charge is 0.394 e. The van der Waals surface area contributed by atoms with E-state index in [9.17, 15) is 5.11 Å². The number of benzene rings is 1. The summed E-state index contributed by atoms with van der Waals surface area (Å²) in [6.45, 7) is 10.4. The van der Waals surface area contributed by atoms with Crippen molar-refractivity contribution >= 4 is 5.69 Å². The lowest BCUT2D eigenvalue weighted by Crippen LogP contribution is -2.55. The Morgan fingerprint density at radius 1 is 1.26 bits per heavy atom. The van der Waals surface area contributed by atoms with Crippen molar-refractivity contribution in [2.45, 2.75) is 57.8 Å². The van der Waals surface area contributed by atoms with E-state index < -0.39 is 11.1 Å². The van der Waals surface area contributed by atoms with Gasteiger partial charge in [-0.15, -0.1) is 0 Å². The maximum absolute atomic E-state index is 9.97. The zero-order chi connectivity index (χ0) is 14.3. The molecule has 1 saturated heterocycles. The molecule has 0 radical (unpaired) electrons. The quantitative estimate of drug-likeness (QED) is 0.880. The van der Waals surface area contributed by atoms with Crippen molar-refractivity contribution in [3.63, 3.8) is 0 Å². The molecule has 2 rings (SSSR count). The van der Waals surface area contributed by atoms with Gasteiger partial charge in [-0.1, -0.05) is 12.1 Å². The van der Waals surface area contributed by atoms with Gasteiger partial charge >= 0.3 is 0 Å². The number of anilines is 1. The van der Waals surface area contributed by atoms with Crippen molar-refractivity contribution in [1.82, 2.24) is 0 Å². The summed E-state index contributed by atoms with van der Waals surface area (Å²) >= 11 is 0. The molecule has 2 N–H and O–H groups in total. The first-order chi connectivity index (χ1) is 8.70. The highest BCUT2D eigenvalue weighted by Crippen LogP contribution is 2.46. The monoisotopic (exact) mass is 263 g/mol. The van der Waals surface area contributed by atoms with E-state index >= 15 is 0 Å². The summed E-state index contributed by atoms with van der Waals surface area (Å²) in [5, 5.41) is 13.5. The summed E-state index contributed by atoms with van der Waals surface area (Å²) < 4.78 is 6.12. The third-order valence-electron chi connectivity index (χ3n) is 4.08. The molecule has 1 aromatic rings. The van der Waals surface area contributed by atoms with Crippen LogP contribution in [0.3, 0.4) is 0 Å². The third-order valence-corrected chi connectivity index (χ3v) is 4.08. The molecule has 0 spiro atoms. The summed E-state index contributed by atoms with van der Waals surface area (Å²) in [5.41, 5.74) is 1.13. The molecule has 1 aliphatic heterocycles. The van der Waals surface area contributed by atoms with Gasteiger partial charge in [-0.2, -0.15) is 0 Å². The second kappa shape index (κ2) is 4.50. The van der Waals surface area contributed by atoms with Crippen molar-refractivity contribution in [1.29, 1.82) is 0 Å². The normalized spacial score (nSPS) is 28.3. The first-order valence-electron chi connectivity index (χ1n) is 6.86. The van der Waals surface area contributed by atoms with Crippen molar-refractivity contribution < 1.29 is 9.84 Å². The van der Waals surface area contributed by atoms with Gasteiger partial charge in [0, 0.05) is 12.1 Å². The number of aliphatic hydroxyl groups is 1. The van der Waals surface area contributed by atoms with E-state index in [2.05, 4.69) is 38.2 Å². The molecule has 0 saturated carbocycles. The molecule has 0 bridgehead atoms. The molecule has 0 aromatic heterocycles. The van der Waals surface area contributed by atoms with Gasteiger partial charge in [-0.05, 0) is 52.3 Å². The number of aryl methyl sites for hydroxylation is 1. The zero-order valence-corrected chi connectivity index (χ0v) is 12.6. The number of nitrogens with one attached hydrogen (secondary N) is 1. The molecule has 0 aliphatic carbocycles. The van der Waals surface area contributed by atoms with Gasteiger partial charge in [0.05, 0.1) is 23.3 Å². The Morgan fingerprint density at radius 2 is 1.95 bits per heavy atom. The van der Waals surface area contributed by atoms with Crippen LogP contribution in [0.2, 0.25) is 0 Å². The average molecular weight is 263 g/mol. The fourth-order valence-corrected chi connectivity index (χ4v) is 3.24. The highest BCUT2D eigenvalue weighted by atomic mass is 16.5. The van der Waals surface area contributed by atoms with Crippen LogP contribution in [0.1, 0.15) is 39.7 Å². The van der Waals surface area contributed by atoms with Crippen LogP contribution >= 0.6 is 0 Å². The van der Waals surface area contributed by atoms with Crippen LogP contribution < -0.4 is 5.32 Å². The van der Waals surface area contributed by atoms with Gasteiger partial charge in [0.1, 0.15) is 0 Å². The molecule has 1 atom stereocenters. The van der Waals surface area contributed by atoms with Crippen molar-refractivity contribution in [3.8, 4) is 0 Å². The molecule has 1 unspecified atom stereocenters. The van der Waals surface area contributed by atoms with E-state index in [0.717, 1.165) is 12.1 Å². The van der Waals surface area contributed by atoms with E-state index in [1.54, 1.807) is 0 Å². The standard InChI is InChI=1S/C16H25NO2/c1-12-7-6-8-13(9-12)17-16(11-18)10-14(2,3)19-15(16,4)5/h6-9,17-18H,10-11H2,1-5H3. The molecular formula is C16H25NO2. The van der Waals surface area contributed by atoms with Crippen molar-refractivity contribution in [3.05, 3.63) is 29.8 Å². The zero-order valence-electron chi connectivity index (χ0n) is 12.6. The van der Waals surface area contributed by atoms with Gasteiger partial charge in [0.2, 0.25) is 0 Å². The molecular weight excluding hydrogens is 238 g/mol. The van der Waals surface area contributed by atoms with Crippen LogP contribution in [-0.4, -0.2) is 28.5 Å². The second-order valence-corrected chi connectivity index (χ2v) is 6.78. The molecule has 1 heterocycles. The lowest BCUT2D eigenvalue weighted by molar-refractivity contribution is -0.0808. The minimum Gasteiger partial charge on any atom is -0.394 e. The number of ether oxygens (including phenoxy) is 1. The van der Waals surface area contributed by atoms with Crippen LogP contribution in [0.5, 0.6) is 0 Å². The van der Waals surface area contributed by atoms with Gasteiger partial charge in [0.15, 0.2) is 0 Å². The molecule has 106 valence electrons. The highest BCUT2D eigenvalue weighted by molar-refractivity contribution is 5.49. The summed E-state index contributed by atoms with van der Waals surface area (Å²) in [6.07, 6.45) is 0.775. The maximum atomic E-state index is 9.97. The Morgan fingerprint density at radius 3 is 2.42 bits per heavy atom. The summed E-state index contributed by atoms with van der Waals surface area (Å²) in [5.74, 6) is 0. The second-order valence-electron chi connectivity index (χ2n) is 6.78. The predicted molar refractivity (Wildman–Crippen MR) is 78.5 cm³/mol. The van der Waals surface area contributed by atoms with Crippen molar-refractivity contribution in [2.24, 2.45) is 0 Å². The topological polar surface area (TPSA) is 41.5 Å². The lowest BCUT2D eigenvalue weighted by Gasteiger charge is -2.40. The van der Waals surface area contributed by atoms with Gasteiger partial charge in [-0.3, -0.25) is 0 Å². The van der Waals surface area contributed by atoms with E-state index in [1.165, 1.54) is 5.56 Å². The Kier molecular flexibility index (Phi) is 3.40. The SMILES string of the molecule is Cc1cccc(NC2(CO)CC(C)(C)OC2(C)C)c1. The fourth-order valence-electron chi connectivity index (χ4n) is 3.24. The minimum absolute atomic E-state index is 0.0529. The Labute approximate surface area is 116 Å². The van der Waals surface area contributed by atoms with Gasteiger partial charge < -0.3 is 15.2 Å². The van der Waals surface area contributed by atoms with Crippen LogP contribution in [0.4, 0.5) is 5.69 Å². The van der Waals surface area contributed by atoms with E-state index in [4.69, 9.17) is 4.74 Å². The number of hydrogen-bond acceptors (Lipinski definition) is 3. The Bertz CT molecular complexity index is 468. The summed E-state index contributed by atoms with van der Waals surface area (Å²) in [6, 6.07) is 8.22. The summed E-state index contributed by atoms with van der Waals surface area (Å²) in [7, 11) is 0. The van der Waals surface area contributed by atoms with Crippen LogP contribution in [0, 0.1) is 6.92 Å². The molecule has 1 aromatic carbocycles. The number of hydrogen-bond donors (Lipinski definition) is 2. The predicted octanol–water partition coefficient (Wildman–Crippen LogP) is 3.12. The average Bonchev–Trinajstić information content (AvgIpc) is 2.43. The summed E-state index contributed by atoms with van der Waals surface area (Å²) in [4.78, 5) is 0. The van der Waals surface area contributed by atoms with E-state index in [1.807, 2.05) is 26.0 Å². The minimum atomic E-state index is -0.454. The van der Waals surface area contributed by atoms with E-state index in [0.29, 0.717) is 0 Å². The van der Waals surface area contributed by atoms with Gasteiger partial charge in [-0.25, -0.2) is 0 Å². The first kappa shape index (κ1) is 14.4. The van der Waals surface area contributed by atoms with E-state index in [-0.39, 0.29) is 12.2 Å². The molecule has 3 nitrogen and oxygen atoms in total. The van der Waals surface area contributed by atoms with Crippen LogP contribution in [-0.2, 0) is 4.74 Å². The first-order valence-corrected chi connectivity index (χ1v) is 6.86. The number of rotatable bonds is 3. The molecule has 1 fully saturated rings. The van der Waals surface area contributed by atoms with Crippen LogP contribution in [0.25, 0.3) is 0 Å². The maximum Gasteiger partial charge on any atom is 0.0916 e. The smallest absolute Gasteiger partial charge is 0.0916 e. The molecule has 1 aliphatic rings. The molecule has 19 heavy (non-hydrogen) atoms. The van der Waals surface area contributed by atoms with Gasteiger partial charge in [0.25, 0.3) is 0 Å². The molecule has 0 amide bonds. The Balaban J connectivity index is 2.33. The number of aliphatic hydroxyl groups excluding tert-OH is 1. The van der Waals surface area contributed by atoms with Crippen molar-refractivity contribution in [2.75, 3.05) is 11.9 Å². The highest BCUT2D eigenvalue weighted by Gasteiger charge is 2.57. The lowest BCUT2D eigenvalue weighted by atomic mass is 9.79.